The molecule has 3 aliphatic rings. The lowest BCUT2D eigenvalue weighted by Crippen LogP contribution is -2.48. The van der Waals surface area contributed by atoms with E-state index >= 15 is 0 Å². The number of hydrogen-bond acceptors (Lipinski definition) is 5. The number of carbonyl (C=O) groups is 2. The fourth-order valence-corrected chi connectivity index (χ4v) is 3.92. The Kier molecular flexibility index (Phi) is 5.87. The molecule has 1 aromatic heterocycles. The van der Waals surface area contributed by atoms with Crippen molar-refractivity contribution in [3.63, 3.8) is 0 Å². The number of carbonyl (C=O) groups excluding carboxylic acids is 1. The van der Waals surface area contributed by atoms with Gasteiger partial charge in [-0.05, 0) is 44.6 Å². The van der Waals surface area contributed by atoms with Crippen LogP contribution in [-0.4, -0.2) is 64.2 Å². The second kappa shape index (κ2) is 8.02. The number of piperidine rings is 1. The number of aromatic nitrogens is 2. The van der Waals surface area contributed by atoms with Gasteiger partial charge >= 0.3 is 12.1 Å². The molecule has 4 rings (SSSR count). The fourth-order valence-electron chi connectivity index (χ4n) is 3.92. The first kappa shape index (κ1) is 20.5. The van der Waals surface area contributed by atoms with E-state index in [9.17, 15) is 18.0 Å². The summed E-state index contributed by atoms with van der Waals surface area (Å²) in [4.78, 5) is 34.4. The van der Waals surface area contributed by atoms with Crippen LogP contribution in [0.4, 0.5) is 18.9 Å². The third-order valence-corrected chi connectivity index (χ3v) is 5.48. The molecule has 0 bridgehead atoms. The molecule has 2 saturated heterocycles. The molecule has 1 amide bonds. The summed E-state index contributed by atoms with van der Waals surface area (Å²) in [6.07, 6.45) is 5.84. The van der Waals surface area contributed by atoms with Crippen molar-refractivity contribution in [1.29, 1.82) is 0 Å². The lowest BCUT2D eigenvalue weighted by Gasteiger charge is -2.39. The minimum Gasteiger partial charge on any atom is -0.475 e. The lowest BCUT2D eigenvalue weighted by molar-refractivity contribution is -0.192. The highest BCUT2D eigenvalue weighted by atomic mass is 19.4. The van der Waals surface area contributed by atoms with Gasteiger partial charge in [0.25, 0.3) is 0 Å². The summed E-state index contributed by atoms with van der Waals surface area (Å²) in [6.45, 7) is 4.12. The molecular formula is C18H23F3N4O3. The highest BCUT2D eigenvalue weighted by Crippen LogP contribution is 2.42. The average Bonchev–Trinajstić information content (AvgIpc) is 3.41. The number of aliphatic carboxylic acids is 1. The summed E-state index contributed by atoms with van der Waals surface area (Å²) in [6, 6.07) is 0. The van der Waals surface area contributed by atoms with Crippen LogP contribution in [0.2, 0.25) is 0 Å². The highest BCUT2D eigenvalue weighted by molar-refractivity contribution is 5.99. The zero-order valence-electron chi connectivity index (χ0n) is 15.4. The van der Waals surface area contributed by atoms with Crippen LogP contribution in [0, 0.1) is 11.3 Å². The smallest absolute Gasteiger partial charge is 0.475 e. The van der Waals surface area contributed by atoms with Crippen LogP contribution < -0.4 is 4.90 Å². The average molecular weight is 400 g/mol. The Labute approximate surface area is 160 Å². The lowest BCUT2D eigenvalue weighted by atomic mass is 9.78. The third kappa shape index (κ3) is 4.78. The molecule has 3 fully saturated rings. The molecule has 2 aliphatic heterocycles. The second-order valence-corrected chi connectivity index (χ2v) is 7.67. The molecule has 1 N–H and O–H groups in total. The maximum absolute atomic E-state index is 13.0. The summed E-state index contributed by atoms with van der Waals surface area (Å²) in [5, 5.41) is 7.12. The summed E-state index contributed by atoms with van der Waals surface area (Å²) in [5.41, 5.74) is 0.696. The number of carboxylic acid groups (broad SMARTS) is 1. The van der Waals surface area contributed by atoms with E-state index < -0.39 is 12.1 Å². The molecular weight excluding hydrogens is 377 g/mol. The number of alkyl halides is 3. The molecule has 0 aromatic carbocycles. The van der Waals surface area contributed by atoms with Gasteiger partial charge < -0.3 is 14.9 Å². The maximum Gasteiger partial charge on any atom is 0.490 e. The van der Waals surface area contributed by atoms with Gasteiger partial charge in [-0.1, -0.05) is 0 Å². The SMILES string of the molecule is O=C(O)C(F)(F)F.O=C1N(c2cncnc2)CCC12CCCN(CC1CC1)C2. The van der Waals surface area contributed by atoms with Gasteiger partial charge in [0.15, 0.2) is 0 Å². The van der Waals surface area contributed by atoms with Crippen molar-refractivity contribution >= 4 is 17.6 Å². The highest BCUT2D eigenvalue weighted by Gasteiger charge is 2.49. The van der Waals surface area contributed by atoms with E-state index in [-0.39, 0.29) is 11.3 Å². The standard InChI is InChI=1S/C16H22N4O.C2HF3O2/c21-15-16(4-1-6-19(11-16)10-13-2-3-13)5-7-20(15)14-8-17-12-18-9-14;3-2(4,5)1(6)7/h8-9,12-13H,1-7,10-11H2;(H,6,7). The first-order chi connectivity index (χ1) is 13.2. The zero-order valence-corrected chi connectivity index (χ0v) is 15.4. The molecule has 1 unspecified atom stereocenters. The van der Waals surface area contributed by atoms with Gasteiger partial charge in [0.05, 0.1) is 23.5 Å². The number of nitrogens with zero attached hydrogens (tertiary/aromatic N) is 4. The molecule has 1 saturated carbocycles. The second-order valence-electron chi connectivity index (χ2n) is 7.67. The zero-order chi connectivity index (χ0) is 20.4. The summed E-state index contributed by atoms with van der Waals surface area (Å²) in [5.74, 6) is -1.57. The van der Waals surface area contributed by atoms with Gasteiger partial charge in [0.1, 0.15) is 6.33 Å². The van der Waals surface area contributed by atoms with Crippen LogP contribution in [-0.2, 0) is 9.59 Å². The molecule has 10 heteroatoms. The number of carboxylic acids is 1. The van der Waals surface area contributed by atoms with E-state index in [4.69, 9.17) is 9.90 Å². The van der Waals surface area contributed by atoms with Crippen molar-refractivity contribution in [3.05, 3.63) is 18.7 Å². The first-order valence-corrected chi connectivity index (χ1v) is 9.31. The number of amides is 1. The number of halogens is 3. The van der Waals surface area contributed by atoms with Crippen LogP contribution >= 0.6 is 0 Å². The molecule has 1 atom stereocenters. The Bertz CT molecular complexity index is 712. The van der Waals surface area contributed by atoms with Crippen LogP contribution in [0.3, 0.4) is 0 Å². The van der Waals surface area contributed by atoms with E-state index in [0.717, 1.165) is 44.0 Å². The van der Waals surface area contributed by atoms with Gasteiger partial charge in [-0.25, -0.2) is 14.8 Å². The minimum atomic E-state index is -5.08. The Balaban J connectivity index is 0.000000279. The van der Waals surface area contributed by atoms with Crippen LogP contribution in [0.25, 0.3) is 0 Å². The molecule has 154 valence electrons. The van der Waals surface area contributed by atoms with E-state index in [1.54, 1.807) is 12.4 Å². The Morgan fingerprint density at radius 3 is 2.43 bits per heavy atom. The minimum absolute atomic E-state index is 0.150. The van der Waals surface area contributed by atoms with Crippen LogP contribution in [0.1, 0.15) is 32.1 Å². The largest absolute Gasteiger partial charge is 0.490 e. The molecule has 28 heavy (non-hydrogen) atoms. The molecule has 0 radical (unpaired) electrons. The van der Waals surface area contributed by atoms with Crippen molar-refractivity contribution in [3.8, 4) is 0 Å². The van der Waals surface area contributed by atoms with Gasteiger partial charge in [-0.2, -0.15) is 13.2 Å². The van der Waals surface area contributed by atoms with Gasteiger partial charge in [-0.3, -0.25) is 4.79 Å². The molecule has 1 spiro atoms. The number of anilines is 1. The molecule has 1 aliphatic carbocycles. The molecule has 3 heterocycles. The van der Waals surface area contributed by atoms with E-state index in [0.29, 0.717) is 0 Å². The van der Waals surface area contributed by atoms with Crippen molar-refractivity contribution in [2.75, 3.05) is 31.1 Å². The predicted octanol–water partition coefficient (Wildman–Crippen LogP) is 2.34. The Morgan fingerprint density at radius 2 is 1.86 bits per heavy atom. The monoisotopic (exact) mass is 400 g/mol. The van der Waals surface area contributed by atoms with Crippen LogP contribution in [0.15, 0.2) is 18.7 Å². The topological polar surface area (TPSA) is 86.6 Å². The number of likely N-dealkylation sites (tertiary alicyclic amines) is 1. The summed E-state index contributed by atoms with van der Waals surface area (Å²) >= 11 is 0. The summed E-state index contributed by atoms with van der Waals surface area (Å²) in [7, 11) is 0. The van der Waals surface area contributed by atoms with Crippen molar-refractivity contribution < 1.29 is 27.9 Å². The fraction of sp³-hybridized carbons (Fsp3) is 0.667. The Morgan fingerprint density at radius 1 is 1.21 bits per heavy atom. The van der Waals surface area contributed by atoms with E-state index in [2.05, 4.69) is 14.9 Å². The van der Waals surface area contributed by atoms with E-state index in [1.165, 1.54) is 32.3 Å². The number of hydrogen-bond donors (Lipinski definition) is 1. The summed E-state index contributed by atoms with van der Waals surface area (Å²) < 4.78 is 31.7. The Hall–Kier alpha value is -2.23. The van der Waals surface area contributed by atoms with Gasteiger partial charge in [-0.15, -0.1) is 0 Å². The van der Waals surface area contributed by atoms with Crippen molar-refractivity contribution in [2.24, 2.45) is 11.3 Å². The first-order valence-electron chi connectivity index (χ1n) is 9.31. The quantitative estimate of drug-likeness (QED) is 0.838. The van der Waals surface area contributed by atoms with E-state index in [1.807, 2.05) is 4.90 Å². The molecule has 7 nitrogen and oxygen atoms in total. The van der Waals surface area contributed by atoms with Crippen molar-refractivity contribution in [1.82, 2.24) is 14.9 Å². The van der Waals surface area contributed by atoms with Gasteiger partial charge in [0.2, 0.25) is 5.91 Å². The van der Waals surface area contributed by atoms with Gasteiger partial charge in [0, 0.05) is 19.6 Å². The normalized spacial score (nSPS) is 25.5. The third-order valence-electron chi connectivity index (χ3n) is 5.48. The van der Waals surface area contributed by atoms with Crippen molar-refractivity contribution in [2.45, 2.75) is 38.3 Å². The number of rotatable bonds is 3. The molecule has 1 aromatic rings. The predicted molar refractivity (Wildman–Crippen MR) is 93.5 cm³/mol. The maximum atomic E-state index is 13.0. The van der Waals surface area contributed by atoms with Crippen LogP contribution in [0.5, 0.6) is 0 Å².